The van der Waals surface area contributed by atoms with Crippen molar-refractivity contribution in [3.63, 3.8) is 0 Å². The lowest BCUT2D eigenvalue weighted by molar-refractivity contribution is 0.204. The Morgan fingerprint density at radius 3 is 0.909 bits per heavy atom. The van der Waals surface area contributed by atoms with Crippen molar-refractivity contribution < 1.29 is 10.2 Å². The number of rotatable bonds is 29. The fourth-order valence-corrected chi connectivity index (χ4v) is 5.09. The molecule has 0 rings (SSSR count). The second kappa shape index (κ2) is 30.0. The lowest BCUT2D eigenvalue weighted by Gasteiger charge is -2.13. The third kappa shape index (κ3) is 28.0. The number of hydrogen-bond donors (Lipinski definition) is 2. The molecule has 200 valence electrons. The molecule has 0 aliphatic rings. The zero-order valence-corrected chi connectivity index (χ0v) is 23.0. The molecule has 0 fully saturated rings. The Balaban J connectivity index is 3.26. The zero-order chi connectivity index (χ0) is 24.1. The molecule has 0 saturated carbocycles. The first kappa shape index (κ1) is 32.9. The molecule has 33 heavy (non-hydrogen) atoms. The van der Waals surface area contributed by atoms with Crippen LogP contribution in [0.5, 0.6) is 0 Å². The Hall–Kier alpha value is -0.0800. The van der Waals surface area contributed by atoms with Gasteiger partial charge in [-0.2, -0.15) is 0 Å². The van der Waals surface area contributed by atoms with E-state index >= 15 is 0 Å². The van der Waals surface area contributed by atoms with Crippen molar-refractivity contribution in [1.29, 1.82) is 0 Å². The number of aliphatic hydroxyl groups excluding tert-OH is 2. The molecule has 0 aromatic carbocycles. The summed E-state index contributed by atoms with van der Waals surface area (Å²) in [5, 5.41) is 18.5. The summed E-state index contributed by atoms with van der Waals surface area (Å²) in [6, 6.07) is 0. The summed E-state index contributed by atoms with van der Waals surface area (Å²) in [4.78, 5) is 0. The van der Waals surface area contributed by atoms with E-state index in [0.29, 0.717) is 19.1 Å². The molecule has 1 atom stereocenters. The topological polar surface area (TPSA) is 40.5 Å². The van der Waals surface area contributed by atoms with Gasteiger partial charge in [0, 0.05) is 13.2 Å². The highest BCUT2D eigenvalue weighted by Gasteiger charge is 2.07. The average Bonchev–Trinajstić information content (AvgIpc) is 2.83. The molecule has 0 bridgehead atoms. The van der Waals surface area contributed by atoms with Gasteiger partial charge in [-0.05, 0) is 25.2 Å². The maximum atomic E-state index is 9.70. The van der Waals surface area contributed by atoms with E-state index in [0.717, 1.165) is 6.42 Å². The summed E-state index contributed by atoms with van der Waals surface area (Å²) in [6.45, 7) is 3.05. The average molecular weight is 469 g/mol. The zero-order valence-electron chi connectivity index (χ0n) is 23.0. The lowest BCUT2D eigenvalue weighted by Crippen LogP contribution is -2.06. The Kier molecular flexibility index (Phi) is 29.9. The van der Waals surface area contributed by atoms with E-state index in [2.05, 4.69) is 6.92 Å². The van der Waals surface area contributed by atoms with E-state index in [1.807, 2.05) is 0 Å². The van der Waals surface area contributed by atoms with Gasteiger partial charge in [0.05, 0.1) is 0 Å². The van der Waals surface area contributed by atoms with Crippen LogP contribution in [0.3, 0.4) is 0 Å². The van der Waals surface area contributed by atoms with Crippen molar-refractivity contribution in [2.24, 2.45) is 5.92 Å². The maximum absolute atomic E-state index is 9.70. The number of aliphatic hydroxyl groups is 2. The predicted molar refractivity (Wildman–Crippen MR) is 148 cm³/mol. The quantitative estimate of drug-likeness (QED) is 0.107. The van der Waals surface area contributed by atoms with E-state index in [4.69, 9.17) is 5.11 Å². The monoisotopic (exact) mass is 468 g/mol. The van der Waals surface area contributed by atoms with Gasteiger partial charge in [-0.15, -0.1) is 0 Å². The largest absolute Gasteiger partial charge is 0.396 e. The second-order valence-electron chi connectivity index (χ2n) is 10.8. The van der Waals surface area contributed by atoms with Gasteiger partial charge in [-0.1, -0.05) is 161 Å². The first-order chi connectivity index (χ1) is 16.3. The minimum Gasteiger partial charge on any atom is -0.396 e. The van der Waals surface area contributed by atoms with Gasteiger partial charge in [0.25, 0.3) is 0 Å². The molecular formula is C31H64O2. The van der Waals surface area contributed by atoms with Crippen molar-refractivity contribution in [2.75, 3.05) is 13.2 Å². The van der Waals surface area contributed by atoms with Crippen molar-refractivity contribution in [1.82, 2.24) is 0 Å². The third-order valence-electron chi connectivity index (χ3n) is 7.49. The Morgan fingerprint density at radius 2 is 0.636 bits per heavy atom. The summed E-state index contributed by atoms with van der Waals surface area (Å²) < 4.78 is 0. The van der Waals surface area contributed by atoms with Gasteiger partial charge >= 0.3 is 0 Å². The first-order valence-electron chi connectivity index (χ1n) is 15.6. The molecule has 0 aromatic rings. The van der Waals surface area contributed by atoms with E-state index in [-0.39, 0.29) is 0 Å². The van der Waals surface area contributed by atoms with Gasteiger partial charge < -0.3 is 10.2 Å². The highest BCUT2D eigenvalue weighted by molar-refractivity contribution is 4.60. The van der Waals surface area contributed by atoms with Gasteiger partial charge in [-0.3, -0.25) is 0 Å². The molecule has 0 amide bonds. The molecule has 0 saturated heterocycles. The van der Waals surface area contributed by atoms with Crippen LogP contribution in [-0.2, 0) is 0 Å². The first-order valence-corrected chi connectivity index (χ1v) is 15.6. The highest BCUT2D eigenvalue weighted by Crippen LogP contribution is 2.19. The molecule has 0 spiro atoms. The molecule has 1 unspecified atom stereocenters. The second-order valence-corrected chi connectivity index (χ2v) is 10.8. The molecule has 0 heterocycles. The van der Waals surface area contributed by atoms with Gasteiger partial charge in [-0.25, -0.2) is 0 Å². The molecular weight excluding hydrogens is 404 g/mol. The van der Waals surface area contributed by atoms with E-state index < -0.39 is 0 Å². The van der Waals surface area contributed by atoms with Crippen molar-refractivity contribution in [2.45, 2.75) is 180 Å². The lowest BCUT2D eigenvalue weighted by atomic mass is 9.94. The van der Waals surface area contributed by atoms with Crippen LogP contribution in [0.15, 0.2) is 0 Å². The molecule has 2 N–H and O–H groups in total. The third-order valence-corrected chi connectivity index (χ3v) is 7.49. The van der Waals surface area contributed by atoms with E-state index in [1.54, 1.807) is 0 Å². The van der Waals surface area contributed by atoms with Gasteiger partial charge in [0.1, 0.15) is 0 Å². The van der Waals surface area contributed by atoms with Crippen LogP contribution in [0, 0.1) is 5.92 Å². The molecule has 0 aromatic heterocycles. The van der Waals surface area contributed by atoms with Crippen LogP contribution >= 0.6 is 0 Å². The fraction of sp³-hybridized carbons (Fsp3) is 1.00. The van der Waals surface area contributed by atoms with Crippen molar-refractivity contribution in [3.8, 4) is 0 Å². The summed E-state index contributed by atoms with van der Waals surface area (Å²) in [5.41, 5.74) is 0. The minimum atomic E-state index is 0.361. The normalized spacial score (nSPS) is 12.5. The molecule has 0 radical (unpaired) electrons. The smallest absolute Gasteiger partial charge is 0.0459 e. The SMILES string of the molecule is CCCCCCCCCCCCCCC(CO)CCCCCCCCCCCCCCCO. The highest BCUT2D eigenvalue weighted by atomic mass is 16.3. The molecule has 2 nitrogen and oxygen atoms in total. The Labute approximate surface area is 209 Å². The van der Waals surface area contributed by atoms with Crippen molar-refractivity contribution in [3.05, 3.63) is 0 Å². The summed E-state index contributed by atoms with van der Waals surface area (Å²) in [5.74, 6) is 0.561. The minimum absolute atomic E-state index is 0.361. The standard InChI is InChI=1S/C31H64O2/c1-2-3-4-5-6-7-8-12-15-18-21-24-27-31(30-33)28-25-22-19-16-13-10-9-11-14-17-20-23-26-29-32/h31-33H,2-30H2,1H3. The molecule has 0 aliphatic carbocycles. The van der Waals surface area contributed by atoms with Crippen LogP contribution in [-0.4, -0.2) is 23.4 Å². The van der Waals surface area contributed by atoms with E-state index in [9.17, 15) is 5.11 Å². The summed E-state index contributed by atoms with van der Waals surface area (Å²) >= 11 is 0. The number of unbranched alkanes of at least 4 members (excludes halogenated alkanes) is 23. The summed E-state index contributed by atoms with van der Waals surface area (Å²) in [7, 11) is 0. The Bertz CT molecular complexity index is 331. The summed E-state index contributed by atoms with van der Waals surface area (Å²) in [6.07, 6.45) is 36.8. The van der Waals surface area contributed by atoms with Crippen LogP contribution < -0.4 is 0 Å². The van der Waals surface area contributed by atoms with Crippen molar-refractivity contribution >= 4 is 0 Å². The van der Waals surface area contributed by atoms with Crippen LogP contribution in [0.25, 0.3) is 0 Å². The van der Waals surface area contributed by atoms with Gasteiger partial charge in [0.15, 0.2) is 0 Å². The fourth-order valence-electron chi connectivity index (χ4n) is 5.09. The molecule has 0 aliphatic heterocycles. The van der Waals surface area contributed by atoms with Crippen LogP contribution in [0.1, 0.15) is 180 Å². The maximum Gasteiger partial charge on any atom is 0.0459 e. The number of hydrogen-bond acceptors (Lipinski definition) is 2. The van der Waals surface area contributed by atoms with E-state index in [1.165, 1.54) is 167 Å². The predicted octanol–water partition coefficient (Wildman–Crippen LogP) is 10.1. The van der Waals surface area contributed by atoms with Gasteiger partial charge in [0.2, 0.25) is 0 Å². The van der Waals surface area contributed by atoms with Crippen LogP contribution in [0.4, 0.5) is 0 Å². The van der Waals surface area contributed by atoms with Crippen LogP contribution in [0.2, 0.25) is 0 Å². The Morgan fingerprint density at radius 1 is 0.364 bits per heavy atom. The molecule has 2 heteroatoms.